The lowest BCUT2D eigenvalue weighted by Crippen LogP contribution is -2.32. The molecule has 2 aliphatic rings. The minimum absolute atomic E-state index is 0.0543. The Labute approximate surface area is 238 Å². The summed E-state index contributed by atoms with van der Waals surface area (Å²) in [5.74, 6) is 0.166. The Morgan fingerprint density at radius 3 is 2.54 bits per heavy atom. The Balaban J connectivity index is 0.000000794. The van der Waals surface area contributed by atoms with E-state index in [9.17, 15) is 9.50 Å². The van der Waals surface area contributed by atoms with Crippen LogP contribution in [0, 0.1) is 12.7 Å². The molecular weight excluding hydrogens is 525 g/mol. The van der Waals surface area contributed by atoms with Gasteiger partial charge in [0.05, 0.1) is 35.5 Å². The number of aliphatic hydroxyl groups is 1. The molecule has 1 atom stereocenters. The molecule has 1 aromatic carbocycles. The number of pyridine rings is 1. The van der Waals surface area contributed by atoms with E-state index < -0.39 is 11.4 Å². The molecule has 1 saturated heterocycles. The van der Waals surface area contributed by atoms with Crippen molar-refractivity contribution in [3.05, 3.63) is 66.6 Å². The maximum absolute atomic E-state index is 13.4. The van der Waals surface area contributed by atoms with Gasteiger partial charge in [-0.3, -0.25) is 9.78 Å². The highest BCUT2D eigenvalue weighted by Gasteiger charge is 2.30. The van der Waals surface area contributed by atoms with E-state index in [0.717, 1.165) is 73.0 Å². The number of carbonyl (C=O) groups is 1. The second-order valence-electron chi connectivity index (χ2n) is 11.0. The molecule has 1 aliphatic carbocycles. The molecule has 0 radical (unpaired) electrons. The first kappa shape index (κ1) is 28.6. The Morgan fingerprint density at radius 2 is 1.90 bits per heavy atom. The largest absolute Gasteiger partial charge is 0.488 e. The first-order chi connectivity index (χ1) is 19.7. The highest BCUT2D eigenvalue weighted by atomic mass is 19.1. The van der Waals surface area contributed by atoms with Crippen LogP contribution < -0.4 is 4.74 Å². The number of halogens is 1. The first-order valence-corrected chi connectivity index (χ1v) is 13.9. The average Bonchev–Trinajstić information content (AvgIpc) is 3.61. The van der Waals surface area contributed by atoms with Gasteiger partial charge in [-0.15, -0.1) is 5.10 Å². The van der Waals surface area contributed by atoms with Crippen LogP contribution in [-0.4, -0.2) is 72.6 Å². The van der Waals surface area contributed by atoms with Gasteiger partial charge in [0.15, 0.2) is 0 Å². The summed E-state index contributed by atoms with van der Waals surface area (Å²) in [7, 11) is 2.15. The van der Waals surface area contributed by atoms with Crippen molar-refractivity contribution in [1.82, 2.24) is 34.4 Å². The summed E-state index contributed by atoms with van der Waals surface area (Å²) in [6.45, 7) is 8.83. The van der Waals surface area contributed by atoms with Crippen LogP contribution in [0.5, 0.6) is 5.75 Å². The number of likely N-dealkylation sites (tertiary alicyclic amines) is 1. The number of ether oxygens (including phenoxy) is 1. The van der Waals surface area contributed by atoms with Crippen LogP contribution in [-0.2, 0) is 10.4 Å². The molecule has 0 bridgehead atoms. The van der Waals surface area contributed by atoms with Crippen molar-refractivity contribution in [2.75, 3.05) is 26.7 Å². The molecule has 6 rings (SSSR count). The minimum Gasteiger partial charge on any atom is -0.488 e. The van der Waals surface area contributed by atoms with Crippen molar-refractivity contribution in [3.63, 3.8) is 0 Å². The van der Waals surface area contributed by atoms with E-state index in [-0.39, 0.29) is 6.61 Å². The number of piperidine rings is 1. The van der Waals surface area contributed by atoms with Crippen LogP contribution in [0.3, 0.4) is 0 Å². The van der Waals surface area contributed by atoms with Gasteiger partial charge in [0, 0.05) is 11.6 Å². The van der Waals surface area contributed by atoms with Gasteiger partial charge in [-0.1, -0.05) is 11.8 Å². The number of fused-ring (bicyclic) bond motifs is 1. The van der Waals surface area contributed by atoms with E-state index in [1.54, 1.807) is 6.92 Å². The number of allylic oxidation sites excluding steroid dienone is 1. The zero-order valence-corrected chi connectivity index (χ0v) is 23.7. The molecule has 1 N–H and O–H groups in total. The summed E-state index contributed by atoms with van der Waals surface area (Å²) < 4.78 is 23.9. The second-order valence-corrected chi connectivity index (χ2v) is 11.0. The van der Waals surface area contributed by atoms with Crippen LogP contribution in [0.1, 0.15) is 56.1 Å². The summed E-state index contributed by atoms with van der Waals surface area (Å²) in [5, 5.41) is 20.2. The van der Waals surface area contributed by atoms with E-state index in [4.69, 9.17) is 9.53 Å². The summed E-state index contributed by atoms with van der Waals surface area (Å²) in [6, 6.07) is 7.51. The smallest absolute Gasteiger partial charge is 0.146 e. The molecule has 11 heteroatoms. The normalized spacial score (nSPS) is 17.5. The molecule has 216 valence electrons. The van der Waals surface area contributed by atoms with Gasteiger partial charge >= 0.3 is 0 Å². The summed E-state index contributed by atoms with van der Waals surface area (Å²) >= 11 is 0. The van der Waals surface area contributed by atoms with Gasteiger partial charge in [0.1, 0.15) is 41.3 Å². The van der Waals surface area contributed by atoms with E-state index >= 15 is 0 Å². The molecule has 41 heavy (non-hydrogen) atoms. The highest BCUT2D eigenvalue weighted by molar-refractivity contribution is 5.88. The third-order valence-electron chi connectivity index (χ3n) is 7.69. The van der Waals surface area contributed by atoms with Crippen LogP contribution in [0.15, 0.2) is 49.4 Å². The molecule has 0 amide bonds. The minimum atomic E-state index is -1.41. The lowest BCUT2D eigenvalue weighted by atomic mass is 10.0. The molecule has 1 unspecified atom stereocenters. The molecule has 4 aromatic rings. The van der Waals surface area contributed by atoms with Crippen molar-refractivity contribution < 1.29 is 19.0 Å². The van der Waals surface area contributed by atoms with Crippen LogP contribution >= 0.6 is 0 Å². The van der Waals surface area contributed by atoms with Crippen molar-refractivity contribution in [1.29, 1.82) is 0 Å². The van der Waals surface area contributed by atoms with Gasteiger partial charge < -0.3 is 19.3 Å². The van der Waals surface area contributed by atoms with Gasteiger partial charge in [-0.25, -0.2) is 14.1 Å². The number of carbonyl (C=O) groups excluding carboxylic acids is 1. The van der Waals surface area contributed by atoms with Crippen molar-refractivity contribution in [3.8, 4) is 17.0 Å². The first-order valence-electron chi connectivity index (χ1n) is 13.9. The standard InChI is InChI=1S/C27H32FN7O2.C3H4O/c1-17-25(31-32-35(17)21-8-10-33(3)11-9-21)18-12-22-26(34(16-30-22)20-5-6-20)23(13-18)37-15-27(2,36)24-7-4-19(28)14-29-24;1-2-3-4/h4,7,12-14,16,20-21,36H,5-6,8-11,15H2,1-3H3;2-3H,1H2. The number of benzene rings is 1. The maximum atomic E-state index is 13.4. The number of hydrogen-bond donors (Lipinski definition) is 1. The van der Waals surface area contributed by atoms with E-state index in [0.29, 0.717) is 29.8 Å². The fraction of sp³-hybridized carbons (Fsp3) is 0.433. The number of rotatable bonds is 8. The van der Waals surface area contributed by atoms with Crippen molar-refractivity contribution >= 4 is 17.3 Å². The SMILES string of the molecule is C=CC=O.Cc1c(-c2cc(OCC(C)(O)c3ccc(F)cn3)c3c(c2)ncn3C2CC2)nnn1C1CCN(C)CC1. The molecule has 1 saturated carbocycles. The molecule has 1 aliphatic heterocycles. The van der Waals surface area contributed by atoms with E-state index in [1.165, 1.54) is 18.2 Å². The Hall–Kier alpha value is -3.96. The maximum Gasteiger partial charge on any atom is 0.146 e. The van der Waals surface area contributed by atoms with Gasteiger partial charge in [0.2, 0.25) is 0 Å². The molecule has 10 nitrogen and oxygen atoms in total. The topological polar surface area (TPSA) is 111 Å². The molecule has 2 fully saturated rings. The highest BCUT2D eigenvalue weighted by Crippen LogP contribution is 2.41. The lowest BCUT2D eigenvalue weighted by molar-refractivity contribution is -0.104. The number of nitrogens with zero attached hydrogens (tertiary/aromatic N) is 7. The average molecular weight is 562 g/mol. The second kappa shape index (κ2) is 11.9. The zero-order valence-electron chi connectivity index (χ0n) is 23.7. The number of aromatic nitrogens is 6. The van der Waals surface area contributed by atoms with Gasteiger partial charge in [-0.05, 0) is 90.0 Å². The third-order valence-corrected chi connectivity index (χ3v) is 7.69. The number of imidazole rings is 1. The summed E-state index contributed by atoms with van der Waals surface area (Å²) in [4.78, 5) is 20.1. The van der Waals surface area contributed by atoms with Crippen LogP contribution in [0.2, 0.25) is 0 Å². The third kappa shape index (κ3) is 6.20. The molecule has 0 spiro atoms. The zero-order chi connectivity index (χ0) is 29.1. The van der Waals surface area contributed by atoms with Crippen molar-refractivity contribution in [2.45, 2.75) is 57.2 Å². The van der Waals surface area contributed by atoms with Crippen molar-refractivity contribution in [2.24, 2.45) is 0 Å². The molecular formula is C30H36FN7O3. The summed E-state index contributed by atoms with van der Waals surface area (Å²) in [5.41, 5.74) is 3.34. The Morgan fingerprint density at radius 1 is 1.17 bits per heavy atom. The van der Waals surface area contributed by atoms with Crippen LogP contribution in [0.25, 0.3) is 22.3 Å². The predicted molar refractivity (Wildman–Crippen MR) is 153 cm³/mol. The van der Waals surface area contributed by atoms with Gasteiger partial charge in [-0.2, -0.15) is 0 Å². The monoisotopic (exact) mass is 561 g/mol. The fourth-order valence-electron chi connectivity index (χ4n) is 5.19. The summed E-state index contributed by atoms with van der Waals surface area (Å²) in [6.07, 6.45) is 9.10. The predicted octanol–water partition coefficient (Wildman–Crippen LogP) is 4.40. The van der Waals surface area contributed by atoms with E-state index in [2.05, 4.69) is 55.0 Å². The fourth-order valence-corrected chi connectivity index (χ4v) is 5.19. The Kier molecular flexibility index (Phi) is 8.27. The van der Waals surface area contributed by atoms with E-state index in [1.807, 2.05) is 18.5 Å². The number of hydrogen-bond acceptors (Lipinski definition) is 8. The van der Waals surface area contributed by atoms with Crippen LogP contribution in [0.4, 0.5) is 4.39 Å². The molecule has 3 aromatic heterocycles. The molecule has 4 heterocycles. The Bertz CT molecular complexity index is 1510. The van der Waals surface area contributed by atoms with Gasteiger partial charge in [0.25, 0.3) is 0 Å². The number of aldehydes is 1. The lowest BCUT2D eigenvalue weighted by Gasteiger charge is -2.29. The quantitative estimate of drug-likeness (QED) is 0.249.